The Kier molecular flexibility index (Phi) is 7.32. The highest BCUT2D eigenvalue weighted by atomic mass is 32.2. The number of carbonyl (C=O) groups excluding carboxylic acids is 1. The Balaban J connectivity index is 1.46. The average Bonchev–Trinajstić information content (AvgIpc) is 3.25. The summed E-state index contributed by atoms with van der Waals surface area (Å²) in [5, 5.41) is 6.69. The maximum absolute atomic E-state index is 13.9. The minimum absolute atomic E-state index is 0.0294. The van der Waals surface area contributed by atoms with Gasteiger partial charge in [-0.1, -0.05) is 35.5 Å². The molecule has 0 saturated carbocycles. The lowest BCUT2D eigenvalue weighted by Crippen LogP contribution is -2.41. The number of carbonyl (C=O) groups is 1. The molecule has 0 bridgehead atoms. The second kappa shape index (κ2) is 10.4. The van der Waals surface area contributed by atoms with Gasteiger partial charge in [0.2, 0.25) is 15.9 Å². The van der Waals surface area contributed by atoms with Crippen LogP contribution in [0, 0.1) is 18.7 Å². The number of para-hydroxylation sites is 2. The number of ether oxygens (including phenoxy) is 1. The molecule has 1 aliphatic heterocycles. The third-order valence-corrected chi connectivity index (χ3v) is 8.00. The van der Waals surface area contributed by atoms with Gasteiger partial charge >= 0.3 is 0 Å². The van der Waals surface area contributed by atoms with Crippen LogP contribution < -0.4 is 10.1 Å². The molecular formula is C25H26FN3O5S. The third-order valence-electron chi connectivity index (χ3n) is 5.94. The van der Waals surface area contributed by atoms with Crippen LogP contribution in [0.2, 0.25) is 0 Å². The molecule has 0 atom stereocenters. The number of nitrogens with zero attached hydrogens (tertiary/aromatic N) is 2. The molecule has 0 aliphatic carbocycles. The Morgan fingerprint density at radius 3 is 2.54 bits per heavy atom. The number of methoxy groups -OCH3 is 1. The van der Waals surface area contributed by atoms with E-state index in [0.717, 1.165) is 0 Å². The number of piperidine rings is 1. The van der Waals surface area contributed by atoms with E-state index in [2.05, 4.69) is 10.5 Å². The molecule has 2 heterocycles. The fraction of sp³-hybridized carbons (Fsp3) is 0.280. The molecule has 4 rings (SSSR count). The predicted molar refractivity (Wildman–Crippen MR) is 130 cm³/mol. The first-order valence-corrected chi connectivity index (χ1v) is 12.6. The fourth-order valence-corrected chi connectivity index (χ4v) is 5.76. The standard InChI is InChI=1S/C25H26FN3O5S/c1-17-24(23(34-28-17)12-11-18-7-3-4-8-20(18)26)35(31,32)29-15-13-19(14-16-29)25(30)27-21-9-5-6-10-22(21)33-2/h3-12,19H,13-16H2,1-2H3,(H,27,30). The SMILES string of the molecule is COc1ccccc1NC(=O)C1CCN(S(=O)(=O)c2c(C)noc2C=Cc2ccccc2F)CC1. The molecule has 1 fully saturated rings. The minimum atomic E-state index is -3.93. The summed E-state index contributed by atoms with van der Waals surface area (Å²) in [5.74, 6) is -0.365. The zero-order chi connectivity index (χ0) is 25.0. The summed E-state index contributed by atoms with van der Waals surface area (Å²) in [6.45, 7) is 1.89. The van der Waals surface area contributed by atoms with Crippen LogP contribution in [0.3, 0.4) is 0 Å². The summed E-state index contributed by atoms with van der Waals surface area (Å²) >= 11 is 0. The molecule has 1 amide bonds. The molecule has 2 aromatic carbocycles. The molecule has 0 unspecified atom stereocenters. The largest absolute Gasteiger partial charge is 0.495 e. The van der Waals surface area contributed by atoms with E-state index < -0.39 is 15.8 Å². The molecule has 1 N–H and O–H groups in total. The Labute approximate surface area is 203 Å². The van der Waals surface area contributed by atoms with Crippen molar-refractivity contribution in [3.63, 3.8) is 0 Å². The van der Waals surface area contributed by atoms with E-state index in [1.165, 1.54) is 29.6 Å². The molecule has 3 aromatic rings. The number of hydrogen-bond donors (Lipinski definition) is 1. The Morgan fingerprint density at radius 1 is 1.14 bits per heavy atom. The Bertz CT molecular complexity index is 1340. The van der Waals surface area contributed by atoms with Crippen molar-refractivity contribution in [2.45, 2.75) is 24.7 Å². The van der Waals surface area contributed by atoms with Crippen LogP contribution in [0.25, 0.3) is 12.2 Å². The van der Waals surface area contributed by atoms with Gasteiger partial charge in [0.1, 0.15) is 17.3 Å². The van der Waals surface area contributed by atoms with E-state index in [-0.39, 0.29) is 41.3 Å². The molecule has 184 valence electrons. The zero-order valence-corrected chi connectivity index (χ0v) is 20.2. The van der Waals surface area contributed by atoms with Crippen LogP contribution >= 0.6 is 0 Å². The van der Waals surface area contributed by atoms with Crippen molar-refractivity contribution in [2.75, 3.05) is 25.5 Å². The first kappa shape index (κ1) is 24.6. The number of aromatic nitrogens is 1. The number of benzene rings is 2. The van der Waals surface area contributed by atoms with Crippen LogP contribution in [0.4, 0.5) is 10.1 Å². The lowest BCUT2D eigenvalue weighted by molar-refractivity contribution is -0.120. The van der Waals surface area contributed by atoms with Gasteiger partial charge in [-0.3, -0.25) is 4.79 Å². The highest BCUT2D eigenvalue weighted by molar-refractivity contribution is 7.89. The van der Waals surface area contributed by atoms with Crippen LogP contribution in [-0.2, 0) is 14.8 Å². The molecule has 1 aromatic heterocycles. The lowest BCUT2D eigenvalue weighted by Gasteiger charge is -2.30. The van der Waals surface area contributed by atoms with Crippen molar-refractivity contribution < 1.29 is 26.9 Å². The summed E-state index contributed by atoms with van der Waals surface area (Å²) in [6.07, 6.45) is 3.58. The van der Waals surface area contributed by atoms with Crippen LogP contribution in [0.1, 0.15) is 29.9 Å². The maximum Gasteiger partial charge on any atom is 0.248 e. The highest BCUT2D eigenvalue weighted by Crippen LogP contribution is 2.30. The van der Waals surface area contributed by atoms with Gasteiger partial charge in [0.05, 0.1) is 12.8 Å². The monoisotopic (exact) mass is 499 g/mol. The van der Waals surface area contributed by atoms with Gasteiger partial charge in [-0.15, -0.1) is 0 Å². The fourth-order valence-electron chi connectivity index (χ4n) is 4.04. The number of rotatable bonds is 7. The van der Waals surface area contributed by atoms with Gasteiger partial charge < -0.3 is 14.6 Å². The molecule has 10 heteroatoms. The number of sulfonamides is 1. The summed E-state index contributed by atoms with van der Waals surface area (Å²) in [6, 6.07) is 13.3. The van der Waals surface area contributed by atoms with Crippen molar-refractivity contribution in [3.8, 4) is 5.75 Å². The molecular weight excluding hydrogens is 473 g/mol. The topological polar surface area (TPSA) is 102 Å². The first-order chi connectivity index (χ1) is 16.8. The van der Waals surface area contributed by atoms with E-state index in [1.807, 2.05) is 6.07 Å². The van der Waals surface area contributed by atoms with E-state index in [4.69, 9.17) is 9.26 Å². The minimum Gasteiger partial charge on any atom is -0.495 e. The van der Waals surface area contributed by atoms with Gasteiger partial charge in [-0.25, -0.2) is 12.8 Å². The number of hydrogen-bond acceptors (Lipinski definition) is 6. The molecule has 1 saturated heterocycles. The number of halogens is 1. The van der Waals surface area contributed by atoms with Crippen LogP contribution in [-0.4, -0.2) is 44.0 Å². The number of anilines is 1. The molecule has 0 spiro atoms. The Hall–Kier alpha value is -3.50. The maximum atomic E-state index is 13.9. The van der Waals surface area contributed by atoms with Crippen molar-refractivity contribution in [2.24, 2.45) is 5.92 Å². The molecule has 8 nitrogen and oxygen atoms in total. The van der Waals surface area contributed by atoms with Crippen molar-refractivity contribution in [1.29, 1.82) is 0 Å². The van der Waals surface area contributed by atoms with Crippen LogP contribution in [0.15, 0.2) is 57.9 Å². The van der Waals surface area contributed by atoms with Gasteiger partial charge in [0, 0.05) is 24.6 Å². The third kappa shape index (κ3) is 5.28. The highest BCUT2D eigenvalue weighted by Gasteiger charge is 2.36. The number of amides is 1. The van der Waals surface area contributed by atoms with E-state index >= 15 is 0 Å². The van der Waals surface area contributed by atoms with Gasteiger partial charge in [-0.05, 0) is 50.1 Å². The van der Waals surface area contributed by atoms with Gasteiger partial charge in [0.15, 0.2) is 10.7 Å². The summed E-state index contributed by atoms with van der Waals surface area (Å²) < 4.78 is 52.6. The van der Waals surface area contributed by atoms with Crippen molar-refractivity contribution in [1.82, 2.24) is 9.46 Å². The van der Waals surface area contributed by atoms with E-state index in [9.17, 15) is 17.6 Å². The van der Waals surface area contributed by atoms with Gasteiger partial charge in [-0.2, -0.15) is 4.31 Å². The lowest BCUT2D eigenvalue weighted by atomic mass is 9.97. The molecule has 0 radical (unpaired) electrons. The van der Waals surface area contributed by atoms with Crippen LogP contribution in [0.5, 0.6) is 5.75 Å². The normalized spacial score (nSPS) is 15.4. The average molecular weight is 500 g/mol. The summed E-state index contributed by atoms with van der Waals surface area (Å²) in [5.41, 5.74) is 1.09. The van der Waals surface area contributed by atoms with Gasteiger partial charge in [0.25, 0.3) is 0 Å². The predicted octanol–water partition coefficient (Wildman–Crippen LogP) is 4.34. The van der Waals surface area contributed by atoms with E-state index in [1.54, 1.807) is 43.3 Å². The zero-order valence-electron chi connectivity index (χ0n) is 19.4. The smallest absolute Gasteiger partial charge is 0.248 e. The van der Waals surface area contributed by atoms with E-state index in [0.29, 0.717) is 29.8 Å². The number of aryl methyl sites for hydroxylation is 1. The molecule has 1 aliphatic rings. The summed E-state index contributed by atoms with van der Waals surface area (Å²) in [4.78, 5) is 12.7. The number of nitrogens with one attached hydrogen (secondary N) is 1. The first-order valence-electron chi connectivity index (χ1n) is 11.1. The second-order valence-corrected chi connectivity index (χ2v) is 10.1. The van der Waals surface area contributed by atoms with Crippen molar-refractivity contribution >= 4 is 33.8 Å². The second-order valence-electron chi connectivity index (χ2n) is 8.18. The quantitative estimate of drug-likeness (QED) is 0.519. The van der Waals surface area contributed by atoms with Crippen molar-refractivity contribution in [3.05, 3.63) is 71.4 Å². The molecule has 35 heavy (non-hydrogen) atoms. The summed E-state index contributed by atoms with van der Waals surface area (Å²) in [7, 11) is -2.40. The Morgan fingerprint density at radius 2 is 1.83 bits per heavy atom.